The number of hydrogen-bond donors (Lipinski definition) is 3. The minimum atomic E-state index is -1.27. The van der Waals surface area contributed by atoms with Crippen LogP contribution in [0.3, 0.4) is 0 Å². The molecule has 9 nitrogen and oxygen atoms in total. The van der Waals surface area contributed by atoms with Crippen molar-refractivity contribution in [1.82, 2.24) is 10.2 Å². The lowest BCUT2D eigenvalue weighted by Crippen LogP contribution is -2.70. The van der Waals surface area contributed by atoms with Gasteiger partial charge in [-0.1, -0.05) is 24.3 Å². The second-order valence-electron chi connectivity index (χ2n) is 6.64. The van der Waals surface area contributed by atoms with Gasteiger partial charge in [-0.2, -0.15) is 0 Å². The van der Waals surface area contributed by atoms with Crippen LogP contribution in [0.1, 0.15) is 18.1 Å². The first kappa shape index (κ1) is 20.9. The molecule has 0 spiro atoms. The normalized spacial score (nSPS) is 20.6. The SMILES string of the molecule is CC(=O)OCC1=C(C(=O)O)N2C(=O)C(NC(=O)Cc3ccccc3CN)[C@H]2SC1. The van der Waals surface area contributed by atoms with Crippen LogP contribution in [0.5, 0.6) is 0 Å². The minimum Gasteiger partial charge on any atom is -0.477 e. The molecule has 0 saturated carbocycles. The molecule has 1 aromatic carbocycles. The molecule has 1 fully saturated rings. The fraction of sp³-hybridized carbons (Fsp3) is 0.368. The maximum absolute atomic E-state index is 12.6. The minimum absolute atomic E-state index is 0.0773. The number of nitrogens with two attached hydrogens (primary N) is 1. The molecule has 4 N–H and O–H groups in total. The van der Waals surface area contributed by atoms with E-state index in [0.29, 0.717) is 12.1 Å². The molecule has 2 atom stereocenters. The van der Waals surface area contributed by atoms with E-state index in [0.717, 1.165) is 16.0 Å². The number of aliphatic carboxylic acids is 1. The Morgan fingerprint density at radius 2 is 2.00 bits per heavy atom. The number of rotatable bonds is 7. The number of benzene rings is 1. The van der Waals surface area contributed by atoms with E-state index in [9.17, 15) is 24.3 Å². The average molecular weight is 419 g/mol. The highest BCUT2D eigenvalue weighted by Gasteiger charge is 2.54. The van der Waals surface area contributed by atoms with Gasteiger partial charge in [0.1, 0.15) is 23.7 Å². The molecule has 0 bridgehead atoms. The zero-order valence-electron chi connectivity index (χ0n) is 15.7. The van der Waals surface area contributed by atoms with Crippen molar-refractivity contribution in [2.24, 2.45) is 5.73 Å². The van der Waals surface area contributed by atoms with Gasteiger partial charge in [0, 0.05) is 24.8 Å². The van der Waals surface area contributed by atoms with Gasteiger partial charge in [0.25, 0.3) is 5.91 Å². The summed E-state index contributed by atoms with van der Waals surface area (Å²) in [4.78, 5) is 48.9. The summed E-state index contributed by atoms with van der Waals surface area (Å²) in [6.07, 6.45) is 0.0773. The number of fused-ring (bicyclic) bond motifs is 1. The van der Waals surface area contributed by atoms with Crippen molar-refractivity contribution in [2.45, 2.75) is 31.3 Å². The second-order valence-corrected chi connectivity index (χ2v) is 7.75. The van der Waals surface area contributed by atoms with Crippen LogP contribution in [-0.2, 0) is 36.9 Å². The van der Waals surface area contributed by atoms with Gasteiger partial charge >= 0.3 is 11.9 Å². The van der Waals surface area contributed by atoms with Gasteiger partial charge in [0.2, 0.25) is 5.91 Å². The number of ether oxygens (including phenoxy) is 1. The Morgan fingerprint density at radius 1 is 1.31 bits per heavy atom. The third kappa shape index (κ3) is 4.28. The number of esters is 1. The van der Waals surface area contributed by atoms with E-state index in [2.05, 4.69) is 5.32 Å². The van der Waals surface area contributed by atoms with Crippen molar-refractivity contribution in [3.05, 3.63) is 46.7 Å². The molecule has 0 radical (unpaired) electrons. The first-order chi connectivity index (χ1) is 13.8. The summed E-state index contributed by atoms with van der Waals surface area (Å²) in [6, 6.07) is 6.48. The zero-order valence-corrected chi connectivity index (χ0v) is 16.5. The Kier molecular flexibility index (Phi) is 6.23. The van der Waals surface area contributed by atoms with E-state index in [1.807, 2.05) is 18.2 Å². The highest BCUT2D eigenvalue weighted by atomic mass is 32.2. The van der Waals surface area contributed by atoms with Gasteiger partial charge in [0.15, 0.2) is 0 Å². The molecule has 154 valence electrons. The van der Waals surface area contributed by atoms with Crippen molar-refractivity contribution >= 4 is 35.5 Å². The summed E-state index contributed by atoms with van der Waals surface area (Å²) in [5, 5.41) is 11.7. The first-order valence-corrected chi connectivity index (χ1v) is 9.98. The van der Waals surface area contributed by atoms with Gasteiger partial charge in [0.05, 0.1) is 6.42 Å². The molecule has 0 aliphatic carbocycles. The molecule has 1 unspecified atom stereocenters. The van der Waals surface area contributed by atoms with Gasteiger partial charge < -0.3 is 20.9 Å². The van der Waals surface area contributed by atoms with E-state index in [4.69, 9.17) is 10.5 Å². The van der Waals surface area contributed by atoms with Gasteiger partial charge in [-0.05, 0) is 11.1 Å². The van der Waals surface area contributed by atoms with E-state index in [1.54, 1.807) is 6.07 Å². The molecular formula is C19H21N3O6S. The van der Waals surface area contributed by atoms with Crippen molar-refractivity contribution in [3.8, 4) is 0 Å². The first-order valence-electron chi connectivity index (χ1n) is 8.93. The van der Waals surface area contributed by atoms with Crippen LogP contribution in [0.25, 0.3) is 0 Å². The molecule has 1 saturated heterocycles. The molecule has 29 heavy (non-hydrogen) atoms. The van der Waals surface area contributed by atoms with Gasteiger partial charge in [-0.15, -0.1) is 11.8 Å². The van der Waals surface area contributed by atoms with Crippen LogP contribution in [0.15, 0.2) is 35.5 Å². The molecule has 10 heteroatoms. The van der Waals surface area contributed by atoms with Crippen LogP contribution < -0.4 is 11.1 Å². The predicted molar refractivity (Wildman–Crippen MR) is 104 cm³/mol. The Balaban J connectivity index is 1.69. The maximum Gasteiger partial charge on any atom is 0.352 e. The number of hydrogen-bond acceptors (Lipinski definition) is 7. The largest absolute Gasteiger partial charge is 0.477 e. The summed E-state index contributed by atoms with van der Waals surface area (Å²) >= 11 is 1.32. The molecule has 2 heterocycles. The number of amides is 2. The number of carboxylic acid groups (broad SMARTS) is 1. The number of nitrogens with zero attached hydrogens (tertiary/aromatic N) is 1. The fourth-order valence-electron chi connectivity index (χ4n) is 3.31. The highest BCUT2D eigenvalue weighted by Crippen LogP contribution is 2.40. The zero-order chi connectivity index (χ0) is 21.1. The average Bonchev–Trinajstić information content (AvgIpc) is 2.69. The Labute approximate surface area is 171 Å². The van der Waals surface area contributed by atoms with E-state index < -0.39 is 29.3 Å². The molecule has 2 amide bonds. The summed E-state index contributed by atoms with van der Waals surface area (Å²) < 4.78 is 4.89. The number of nitrogens with one attached hydrogen (secondary N) is 1. The summed E-state index contributed by atoms with van der Waals surface area (Å²) in [7, 11) is 0. The highest BCUT2D eigenvalue weighted by molar-refractivity contribution is 8.00. The lowest BCUT2D eigenvalue weighted by Gasteiger charge is -2.49. The monoisotopic (exact) mass is 419 g/mol. The number of β-lactam (4-membered cyclic amide) rings is 1. The van der Waals surface area contributed by atoms with Crippen molar-refractivity contribution in [2.75, 3.05) is 12.4 Å². The quantitative estimate of drug-likeness (QED) is 0.414. The van der Waals surface area contributed by atoms with Crippen LogP contribution >= 0.6 is 11.8 Å². The number of carbonyl (C=O) groups is 4. The molecule has 2 aliphatic heterocycles. The van der Waals surface area contributed by atoms with Gasteiger partial charge in [-0.3, -0.25) is 19.3 Å². The Morgan fingerprint density at radius 3 is 2.62 bits per heavy atom. The van der Waals surface area contributed by atoms with E-state index >= 15 is 0 Å². The smallest absolute Gasteiger partial charge is 0.352 e. The Hall–Kier alpha value is -2.85. The number of carboxylic acids is 1. The molecular weight excluding hydrogens is 398 g/mol. The summed E-state index contributed by atoms with van der Waals surface area (Å²) in [5.41, 5.74) is 7.49. The maximum atomic E-state index is 12.6. The van der Waals surface area contributed by atoms with E-state index in [1.165, 1.54) is 18.7 Å². The lowest BCUT2D eigenvalue weighted by molar-refractivity contribution is -0.151. The standard InChI is InChI=1S/C19H21N3O6S/c1-10(23)28-8-13-9-29-18-15(17(25)22(18)16(13)19(26)27)21-14(24)6-11-4-2-3-5-12(11)7-20/h2-5,15,18H,6-9,20H2,1H3,(H,21,24)(H,26,27)/t15?,18-/m1/s1. The number of thioether (sulfide) groups is 1. The predicted octanol–water partition coefficient (Wildman–Crippen LogP) is -0.0105. The van der Waals surface area contributed by atoms with Crippen LogP contribution in [0, 0.1) is 0 Å². The molecule has 1 aromatic rings. The second kappa shape index (κ2) is 8.66. The molecule has 0 aromatic heterocycles. The fourth-order valence-corrected chi connectivity index (χ4v) is 4.64. The summed E-state index contributed by atoms with van der Waals surface area (Å²) in [6.45, 7) is 1.34. The van der Waals surface area contributed by atoms with E-state index in [-0.39, 0.29) is 30.4 Å². The topological polar surface area (TPSA) is 139 Å². The summed E-state index contributed by atoms with van der Waals surface area (Å²) in [5.74, 6) is -2.36. The van der Waals surface area contributed by atoms with Crippen molar-refractivity contribution < 1.29 is 29.0 Å². The Bertz CT molecular complexity index is 900. The van der Waals surface area contributed by atoms with Crippen LogP contribution in [-0.4, -0.2) is 57.5 Å². The van der Waals surface area contributed by atoms with Crippen LogP contribution in [0.4, 0.5) is 0 Å². The molecule has 2 aliphatic rings. The number of carbonyl (C=O) groups excluding carboxylic acids is 3. The van der Waals surface area contributed by atoms with Crippen LogP contribution in [0.2, 0.25) is 0 Å². The van der Waals surface area contributed by atoms with Crippen molar-refractivity contribution in [3.63, 3.8) is 0 Å². The van der Waals surface area contributed by atoms with Crippen molar-refractivity contribution in [1.29, 1.82) is 0 Å². The van der Waals surface area contributed by atoms with Gasteiger partial charge in [-0.25, -0.2) is 4.79 Å². The molecule has 3 rings (SSSR count). The third-order valence-electron chi connectivity index (χ3n) is 4.71. The third-order valence-corrected chi connectivity index (χ3v) is 6.04. The lowest BCUT2D eigenvalue weighted by atomic mass is 10.0.